The summed E-state index contributed by atoms with van der Waals surface area (Å²) in [5, 5.41) is 23.8. The summed E-state index contributed by atoms with van der Waals surface area (Å²) < 4.78 is 11.9. The van der Waals surface area contributed by atoms with E-state index >= 15 is 0 Å². The maximum Gasteiger partial charge on any atom is 0.262 e. The van der Waals surface area contributed by atoms with E-state index < -0.39 is 0 Å². The summed E-state index contributed by atoms with van der Waals surface area (Å²) in [5.74, 6) is 0.613. The van der Waals surface area contributed by atoms with Gasteiger partial charge in [0.15, 0.2) is 0 Å². The van der Waals surface area contributed by atoms with Gasteiger partial charge in [0, 0.05) is 43.2 Å². The third kappa shape index (κ3) is 4.45. The summed E-state index contributed by atoms with van der Waals surface area (Å²) >= 11 is 0. The maximum atomic E-state index is 13.5. The number of rotatable bonds is 7. The van der Waals surface area contributed by atoms with E-state index in [1.807, 2.05) is 48.5 Å². The Morgan fingerprint density at radius 2 is 1.79 bits per heavy atom. The lowest BCUT2D eigenvalue weighted by molar-refractivity contribution is 0.0742. The number of phenolic OH excluding ortho intramolecular Hbond substituents is 2. The van der Waals surface area contributed by atoms with E-state index in [1.54, 1.807) is 4.90 Å². The first kappa shape index (κ1) is 21.2. The van der Waals surface area contributed by atoms with Crippen molar-refractivity contribution in [1.29, 1.82) is 0 Å². The Bertz CT molecular complexity index is 1160. The predicted molar refractivity (Wildman–Crippen MR) is 122 cm³/mol. The Balaban J connectivity index is 1.35. The fourth-order valence-corrected chi connectivity index (χ4v) is 4.15. The van der Waals surface area contributed by atoms with Crippen molar-refractivity contribution in [3.05, 3.63) is 82.9 Å². The van der Waals surface area contributed by atoms with E-state index in [2.05, 4.69) is 5.32 Å². The molecular weight excluding hydrogens is 420 g/mol. The molecule has 170 valence electrons. The van der Waals surface area contributed by atoms with Crippen LogP contribution in [0.1, 0.15) is 27.0 Å². The monoisotopic (exact) mass is 446 g/mol. The average molecular weight is 447 g/mol. The zero-order chi connectivity index (χ0) is 22.8. The van der Waals surface area contributed by atoms with Gasteiger partial charge in [-0.15, -0.1) is 0 Å². The van der Waals surface area contributed by atoms with Gasteiger partial charge in [0.1, 0.15) is 35.2 Å². The molecule has 0 unspecified atom stereocenters. The first-order valence-electron chi connectivity index (χ1n) is 11.0. The molecule has 3 aromatic carbocycles. The SMILES string of the molecule is O=C(c1c(O)cc(O)cc1OCc1ccccc1)N1Cc2cccc(OCC3CNC3)c2C1. The molecule has 2 aliphatic rings. The number of carbonyl (C=O) groups excluding carboxylic acids is 1. The van der Waals surface area contributed by atoms with Crippen LogP contribution < -0.4 is 14.8 Å². The summed E-state index contributed by atoms with van der Waals surface area (Å²) in [6.45, 7) is 3.57. The van der Waals surface area contributed by atoms with Crippen molar-refractivity contribution in [3.63, 3.8) is 0 Å². The molecule has 2 heterocycles. The van der Waals surface area contributed by atoms with E-state index in [0.29, 0.717) is 25.6 Å². The normalized spacial score (nSPS) is 15.1. The summed E-state index contributed by atoms with van der Waals surface area (Å²) in [6.07, 6.45) is 0. The fourth-order valence-electron chi connectivity index (χ4n) is 4.15. The predicted octanol–water partition coefficient (Wildman–Crippen LogP) is 3.43. The lowest BCUT2D eigenvalue weighted by Gasteiger charge is -2.27. The highest BCUT2D eigenvalue weighted by Crippen LogP contribution is 2.38. The zero-order valence-corrected chi connectivity index (χ0v) is 18.2. The van der Waals surface area contributed by atoms with Crippen LogP contribution in [0.15, 0.2) is 60.7 Å². The van der Waals surface area contributed by atoms with Crippen LogP contribution in [0, 0.1) is 5.92 Å². The van der Waals surface area contributed by atoms with Crippen molar-refractivity contribution in [2.45, 2.75) is 19.7 Å². The summed E-state index contributed by atoms with van der Waals surface area (Å²) in [7, 11) is 0. The highest BCUT2D eigenvalue weighted by Gasteiger charge is 2.31. The molecule has 1 saturated heterocycles. The van der Waals surface area contributed by atoms with Crippen LogP contribution in [-0.4, -0.2) is 40.7 Å². The minimum atomic E-state index is -0.360. The van der Waals surface area contributed by atoms with Crippen molar-refractivity contribution in [3.8, 4) is 23.0 Å². The number of nitrogens with zero attached hydrogens (tertiary/aromatic N) is 1. The Morgan fingerprint density at radius 3 is 2.55 bits per heavy atom. The molecular formula is C26H26N2O5. The molecule has 1 fully saturated rings. The van der Waals surface area contributed by atoms with Crippen molar-refractivity contribution >= 4 is 5.91 Å². The van der Waals surface area contributed by atoms with Gasteiger partial charge in [0.05, 0.1) is 13.2 Å². The lowest BCUT2D eigenvalue weighted by Crippen LogP contribution is -2.45. The second-order valence-electron chi connectivity index (χ2n) is 8.50. The number of aromatic hydroxyl groups is 2. The third-order valence-electron chi connectivity index (χ3n) is 6.09. The molecule has 3 aromatic rings. The lowest BCUT2D eigenvalue weighted by atomic mass is 10.1. The number of ether oxygens (including phenoxy) is 2. The van der Waals surface area contributed by atoms with Crippen molar-refractivity contribution in [2.75, 3.05) is 19.7 Å². The van der Waals surface area contributed by atoms with E-state index in [0.717, 1.165) is 41.6 Å². The van der Waals surface area contributed by atoms with Gasteiger partial charge in [-0.2, -0.15) is 0 Å². The molecule has 0 saturated carbocycles. The van der Waals surface area contributed by atoms with Crippen LogP contribution >= 0.6 is 0 Å². The van der Waals surface area contributed by atoms with Gasteiger partial charge in [-0.1, -0.05) is 42.5 Å². The maximum absolute atomic E-state index is 13.5. The first-order chi connectivity index (χ1) is 16.1. The van der Waals surface area contributed by atoms with Crippen LogP contribution in [0.4, 0.5) is 0 Å². The second-order valence-corrected chi connectivity index (χ2v) is 8.50. The zero-order valence-electron chi connectivity index (χ0n) is 18.2. The summed E-state index contributed by atoms with van der Waals surface area (Å²) in [4.78, 5) is 15.1. The largest absolute Gasteiger partial charge is 0.508 e. The number of benzene rings is 3. The molecule has 0 atom stereocenters. The molecule has 0 aliphatic carbocycles. The number of amides is 1. The van der Waals surface area contributed by atoms with Gasteiger partial charge in [-0.3, -0.25) is 4.79 Å². The first-order valence-corrected chi connectivity index (χ1v) is 11.0. The van der Waals surface area contributed by atoms with Crippen LogP contribution in [0.3, 0.4) is 0 Å². The molecule has 0 spiro atoms. The van der Waals surface area contributed by atoms with Crippen LogP contribution in [0.2, 0.25) is 0 Å². The van der Waals surface area contributed by atoms with Crippen molar-refractivity contribution < 1.29 is 24.5 Å². The Morgan fingerprint density at radius 1 is 0.970 bits per heavy atom. The van der Waals surface area contributed by atoms with E-state index in [9.17, 15) is 15.0 Å². The van der Waals surface area contributed by atoms with Crippen molar-refractivity contribution in [2.24, 2.45) is 5.92 Å². The quantitative estimate of drug-likeness (QED) is 0.515. The van der Waals surface area contributed by atoms with Gasteiger partial charge in [0.25, 0.3) is 5.91 Å². The molecule has 0 aromatic heterocycles. The molecule has 33 heavy (non-hydrogen) atoms. The molecule has 7 nitrogen and oxygen atoms in total. The van der Waals surface area contributed by atoms with Gasteiger partial charge < -0.3 is 29.9 Å². The van der Waals surface area contributed by atoms with Gasteiger partial charge in [0.2, 0.25) is 0 Å². The number of phenols is 2. The number of carbonyl (C=O) groups is 1. The van der Waals surface area contributed by atoms with Crippen molar-refractivity contribution in [1.82, 2.24) is 10.2 Å². The van der Waals surface area contributed by atoms with E-state index in [4.69, 9.17) is 9.47 Å². The standard InChI is InChI=1S/C26H26N2O5/c29-20-9-22(30)25(24(10-20)33-15-17-5-2-1-3-6-17)26(31)28-13-19-7-4-8-23(21(19)14-28)32-16-18-11-27-12-18/h1-10,18,27,29-30H,11-16H2. The number of nitrogens with one attached hydrogen (secondary N) is 1. The molecule has 5 rings (SSSR count). The fraction of sp³-hybridized carbons (Fsp3) is 0.269. The number of hydrogen-bond donors (Lipinski definition) is 3. The molecule has 1 amide bonds. The highest BCUT2D eigenvalue weighted by molar-refractivity contribution is 6.00. The Kier molecular flexibility index (Phi) is 5.79. The van der Waals surface area contributed by atoms with Gasteiger partial charge >= 0.3 is 0 Å². The van der Waals surface area contributed by atoms with Gasteiger partial charge in [-0.25, -0.2) is 0 Å². The Labute approximate surface area is 192 Å². The number of fused-ring (bicyclic) bond motifs is 1. The van der Waals surface area contributed by atoms with Crippen LogP contribution in [0.5, 0.6) is 23.0 Å². The van der Waals surface area contributed by atoms with E-state index in [-0.39, 0.29) is 35.3 Å². The molecule has 2 aliphatic heterocycles. The van der Waals surface area contributed by atoms with Crippen LogP contribution in [0.25, 0.3) is 0 Å². The average Bonchev–Trinajstić information content (AvgIpc) is 3.22. The molecule has 0 bridgehead atoms. The smallest absolute Gasteiger partial charge is 0.262 e. The molecule has 0 radical (unpaired) electrons. The topological polar surface area (TPSA) is 91.3 Å². The Hall–Kier alpha value is -3.71. The molecule has 3 N–H and O–H groups in total. The minimum absolute atomic E-state index is 0.0412. The summed E-state index contributed by atoms with van der Waals surface area (Å²) in [6, 6.07) is 17.9. The van der Waals surface area contributed by atoms with E-state index in [1.165, 1.54) is 6.07 Å². The molecule has 7 heteroatoms. The minimum Gasteiger partial charge on any atom is -0.508 e. The second kappa shape index (κ2) is 9.03. The third-order valence-corrected chi connectivity index (χ3v) is 6.09. The number of hydrogen-bond acceptors (Lipinski definition) is 6. The van der Waals surface area contributed by atoms with Gasteiger partial charge in [-0.05, 0) is 17.2 Å². The summed E-state index contributed by atoms with van der Waals surface area (Å²) in [5.41, 5.74) is 2.97. The highest BCUT2D eigenvalue weighted by atomic mass is 16.5. The van der Waals surface area contributed by atoms with Crippen LogP contribution in [-0.2, 0) is 19.7 Å².